The van der Waals surface area contributed by atoms with Crippen molar-refractivity contribution in [1.82, 2.24) is 20.1 Å². The number of carbonyl (C=O) groups is 2. The second-order valence-electron chi connectivity index (χ2n) is 9.58. The number of aromatic nitrogens is 3. The summed E-state index contributed by atoms with van der Waals surface area (Å²) in [5.74, 6) is -5.10. The Morgan fingerprint density at radius 2 is 1.85 bits per heavy atom. The minimum absolute atomic E-state index is 0.0787. The molecule has 7 nitrogen and oxygen atoms in total. The van der Waals surface area contributed by atoms with Crippen LogP contribution in [0.2, 0.25) is 0 Å². The van der Waals surface area contributed by atoms with Gasteiger partial charge < -0.3 is 10.6 Å². The van der Waals surface area contributed by atoms with Gasteiger partial charge in [0.25, 0.3) is 5.91 Å². The van der Waals surface area contributed by atoms with Gasteiger partial charge in [-0.2, -0.15) is 18.3 Å². The number of pyridine rings is 1. The normalized spacial score (nSPS) is 17.9. The molecule has 2 N–H and O–H groups in total. The molecule has 0 bridgehead atoms. The average Bonchev–Trinajstić information content (AvgIpc) is 3.35. The van der Waals surface area contributed by atoms with Crippen LogP contribution in [-0.4, -0.2) is 38.5 Å². The number of rotatable bonds is 7. The van der Waals surface area contributed by atoms with Crippen molar-refractivity contribution in [2.24, 2.45) is 5.92 Å². The molecule has 1 aliphatic rings. The van der Waals surface area contributed by atoms with E-state index in [1.54, 1.807) is 6.92 Å². The first-order chi connectivity index (χ1) is 18.4. The number of carbonyl (C=O) groups excluding carboxylic acids is 2. The third kappa shape index (κ3) is 6.43. The van der Waals surface area contributed by atoms with Crippen LogP contribution in [-0.2, 0) is 17.5 Å². The first kappa shape index (κ1) is 28.2. The lowest BCUT2D eigenvalue weighted by molar-refractivity contribution is -0.137. The highest BCUT2D eigenvalue weighted by Crippen LogP contribution is 2.40. The molecule has 208 valence electrons. The van der Waals surface area contributed by atoms with Crippen LogP contribution < -0.4 is 10.6 Å². The van der Waals surface area contributed by atoms with Gasteiger partial charge in [0, 0.05) is 48.7 Å². The van der Waals surface area contributed by atoms with E-state index < -0.39 is 47.9 Å². The van der Waals surface area contributed by atoms with E-state index in [1.165, 1.54) is 48.1 Å². The molecule has 1 fully saturated rings. The number of hydrogen-bond donors (Lipinski definition) is 2. The minimum atomic E-state index is -4.59. The van der Waals surface area contributed by atoms with Crippen LogP contribution in [0.1, 0.15) is 54.4 Å². The van der Waals surface area contributed by atoms with Crippen molar-refractivity contribution in [2.75, 3.05) is 5.32 Å². The molecule has 2 atom stereocenters. The number of benzene rings is 1. The van der Waals surface area contributed by atoms with Gasteiger partial charge in [0.1, 0.15) is 11.7 Å². The summed E-state index contributed by atoms with van der Waals surface area (Å²) in [7, 11) is 0. The summed E-state index contributed by atoms with van der Waals surface area (Å²) in [5.41, 5.74) is -0.0534. The van der Waals surface area contributed by atoms with E-state index in [2.05, 4.69) is 20.7 Å². The molecule has 1 saturated carbocycles. The highest BCUT2D eigenvalue weighted by Gasteiger charge is 2.42. The molecule has 4 rings (SSSR count). The smallest absolute Gasteiger partial charge is 0.339 e. The number of hydrogen-bond acceptors (Lipinski definition) is 4. The van der Waals surface area contributed by atoms with E-state index >= 15 is 0 Å². The molecule has 3 aromatic rings. The zero-order chi connectivity index (χ0) is 28.4. The summed E-state index contributed by atoms with van der Waals surface area (Å²) in [5, 5.41) is 9.27. The van der Waals surface area contributed by atoms with Crippen LogP contribution in [0.15, 0.2) is 48.8 Å². The predicted octanol–water partition coefficient (Wildman–Crippen LogP) is 5.85. The van der Waals surface area contributed by atoms with Gasteiger partial charge in [0.15, 0.2) is 0 Å². The van der Waals surface area contributed by atoms with Crippen molar-refractivity contribution in [3.05, 3.63) is 65.7 Å². The fraction of sp³-hybridized carbons (Fsp3) is 0.407. The molecule has 2 heterocycles. The van der Waals surface area contributed by atoms with Gasteiger partial charge in [-0.25, -0.2) is 8.78 Å². The summed E-state index contributed by atoms with van der Waals surface area (Å²) in [6.07, 6.45) is -2.39. The Hall–Kier alpha value is -3.83. The van der Waals surface area contributed by atoms with E-state index in [-0.39, 0.29) is 41.0 Å². The van der Waals surface area contributed by atoms with E-state index in [1.807, 2.05) is 0 Å². The maximum Gasteiger partial charge on any atom is 0.417 e. The Morgan fingerprint density at radius 3 is 2.49 bits per heavy atom. The average molecular weight is 550 g/mol. The molecule has 0 saturated heterocycles. The molecule has 0 aliphatic heterocycles. The van der Waals surface area contributed by atoms with Crippen LogP contribution in [0.25, 0.3) is 11.1 Å². The molecule has 1 aliphatic carbocycles. The molecular formula is C27H28F5N5O2. The second kappa shape index (κ2) is 11.1. The molecule has 0 spiro atoms. The van der Waals surface area contributed by atoms with E-state index in [0.29, 0.717) is 13.0 Å². The number of halogens is 5. The third-order valence-corrected chi connectivity index (χ3v) is 6.85. The predicted molar refractivity (Wildman–Crippen MR) is 134 cm³/mol. The molecule has 2 aromatic heterocycles. The van der Waals surface area contributed by atoms with Gasteiger partial charge in [0.2, 0.25) is 11.8 Å². The van der Waals surface area contributed by atoms with Crippen LogP contribution in [0.5, 0.6) is 0 Å². The zero-order valence-electron chi connectivity index (χ0n) is 21.4. The summed E-state index contributed by atoms with van der Waals surface area (Å²) in [6, 6.07) is 6.77. The summed E-state index contributed by atoms with van der Waals surface area (Å²) in [6.45, 7) is 3.65. The van der Waals surface area contributed by atoms with E-state index in [0.717, 1.165) is 12.3 Å². The topological polar surface area (TPSA) is 88.9 Å². The molecule has 0 unspecified atom stereocenters. The van der Waals surface area contributed by atoms with Crippen LogP contribution >= 0.6 is 0 Å². The molecule has 12 heteroatoms. The van der Waals surface area contributed by atoms with Crippen LogP contribution in [0.4, 0.5) is 27.6 Å². The highest BCUT2D eigenvalue weighted by atomic mass is 19.4. The second-order valence-corrected chi connectivity index (χ2v) is 9.58. The van der Waals surface area contributed by atoms with Gasteiger partial charge in [0.05, 0.1) is 5.56 Å². The third-order valence-electron chi connectivity index (χ3n) is 6.85. The lowest BCUT2D eigenvalue weighted by Crippen LogP contribution is -2.51. The summed E-state index contributed by atoms with van der Waals surface area (Å²) in [4.78, 5) is 30.3. The lowest BCUT2D eigenvalue weighted by Gasteiger charge is -2.34. The Kier molecular flexibility index (Phi) is 8.03. The first-order valence-corrected chi connectivity index (χ1v) is 12.5. The van der Waals surface area contributed by atoms with Crippen molar-refractivity contribution >= 4 is 17.5 Å². The maximum absolute atomic E-state index is 14.2. The highest BCUT2D eigenvalue weighted by molar-refractivity contribution is 6.00. The zero-order valence-corrected chi connectivity index (χ0v) is 21.4. The Labute approximate surface area is 221 Å². The molecular weight excluding hydrogens is 521 g/mol. The van der Waals surface area contributed by atoms with Gasteiger partial charge in [-0.15, -0.1) is 0 Å². The van der Waals surface area contributed by atoms with Gasteiger partial charge in [-0.1, -0.05) is 12.1 Å². The first-order valence-electron chi connectivity index (χ1n) is 12.5. The standard InChI is InChI=1S/C27H28F5N5O2/c1-3-37-21(11-14-34-37)24(38)36-23(18-5-4-12-26(28,29)15-18)25(39)35-19-8-6-17(7-9-19)22-16(2)33-13-10-20(22)27(30,31)32/h6-11,13-14,18,23H,3-5,12,15H2,1-2H3,(H,35,39)(H,36,38)/t18-,23-/m0/s1. The van der Waals surface area contributed by atoms with Crippen molar-refractivity contribution < 1.29 is 31.5 Å². The van der Waals surface area contributed by atoms with Gasteiger partial charge in [-0.3, -0.25) is 19.3 Å². The van der Waals surface area contributed by atoms with Gasteiger partial charge >= 0.3 is 6.18 Å². The number of alkyl halides is 5. The molecule has 1 aromatic carbocycles. The Balaban J connectivity index is 1.58. The van der Waals surface area contributed by atoms with Crippen molar-refractivity contribution in [1.29, 1.82) is 0 Å². The number of anilines is 1. The molecule has 39 heavy (non-hydrogen) atoms. The number of aryl methyl sites for hydroxylation is 2. The van der Waals surface area contributed by atoms with E-state index in [9.17, 15) is 31.5 Å². The Morgan fingerprint density at radius 1 is 1.13 bits per heavy atom. The SMILES string of the molecule is CCn1nccc1C(=O)N[C@H](C(=O)Nc1ccc(-c2c(C(F)(F)F)ccnc2C)cc1)[C@H]1CCCC(F)(F)C1. The van der Waals surface area contributed by atoms with E-state index in [4.69, 9.17) is 0 Å². The number of nitrogens with one attached hydrogen (secondary N) is 2. The fourth-order valence-corrected chi connectivity index (χ4v) is 4.99. The maximum atomic E-state index is 14.2. The van der Waals surface area contributed by atoms with Gasteiger partial charge in [-0.05, 0) is 62.4 Å². The fourth-order valence-electron chi connectivity index (χ4n) is 4.99. The van der Waals surface area contributed by atoms with Crippen molar-refractivity contribution in [3.63, 3.8) is 0 Å². The Bertz CT molecular complexity index is 1340. The molecule has 2 amide bonds. The largest absolute Gasteiger partial charge is 0.417 e. The lowest BCUT2D eigenvalue weighted by atomic mass is 9.81. The minimum Gasteiger partial charge on any atom is -0.339 e. The van der Waals surface area contributed by atoms with Crippen LogP contribution in [0, 0.1) is 12.8 Å². The quantitative estimate of drug-likeness (QED) is 0.362. The summed E-state index contributed by atoms with van der Waals surface area (Å²) >= 11 is 0. The monoisotopic (exact) mass is 549 g/mol. The molecule has 0 radical (unpaired) electrons. The van der Waals surface area contributed by atoms with Crippen LogP contribution in [0.3, 0.4) is 0 Å². The number of amides is 2. The van der Waals surface area contributed by atoms with Crippen molar-refractivity contribution in [2.45, 2.75) is 64.2 Å². The van der Waals surface area contributed by atoms with Crippen molar-refractivity contribution in [3.8, 4) is 11.1 Å². The number of nitrogens with zero attached hydrogens (tertiary/aromatic N) is 3. The summed E-state index contributed by atoms with van der Waals surface area (Å²) < 4.78 is 70.6.